The largest absolute Gasteiger partial charge is 0.372 e. The van der Waals surface area contributed by atoms with Crippen LogP contribution in [0.3, 0.4) is 0 Å². The molecule has 0 spiro atoms. The van der Waals surface area contributed by atoms with E-state index in [4.69, 9.17) is 17.0 Å². The van der Waals surface area contributed by atoms with Crippen molar-refractivity contribution >= 4 is 39.5 Å². The van der Waals surface area contributed by atoms with Gasteiger partial charge in [0.25, 0.3) is 5.56 Å². The van der Waals surface area contributed by atoms with E-state index in [0.29, 0.717) is 23.1 Å². The summed E-state index contributed by atoms with van der Waals surface area (Å²) < 4.78 is 10.0. The Balaban J connectivity index is 1.89. The van der Waals surface area contributed by atoms with Crippen molar-refractivity contribution in [1.29, 1.82) is 0 Å². The molecule has 0 amide bonds. The molecular weight excluding hydrogens is 392 g/mol. The second-order valence-electron chi connectivity index (χ2n) is 7.62. The molecular formula is C20H20N4O2S2. The molecule has 0 radical (unpaired) electrons. The molecule has 28 heavy (non-hydrogen) atoms. The van der Waals surface area contributed by atoms with Gasteiger partial charge in [0, 0.05) is 11.3 Å². The third-order valence-corrected chi connectivity index (χ3v) is 6.88. The highest BCUT2D eigenvalue weighted by Crippen LogP contribution is 2.36. The Labute approximate surface area is 170 Å². The van der Waals surface area contributed by atoms with Crippen LogP contribution in [0.2, 0.25) is 0 Å². The number of benzene rings is 1. The number of ether oxygens (including phenoxy) is 1. The van der Waals surface area contributed by atoms with Gasteiger partial charge in [-0.1, -0.05) is 31.5 Å². The number of rotatable bonds is 2. The summed E-state index contributed by atoms with van der Waals surface area (Å²) in [6.07, 6.45) is 0.859. The molecule has 0 saturated carbocycles. The minimum atomic E-state index is -0.0535. The van der Waals surface area contributed by atoms with E-state index in [-0.39, 0.29) is 11.7 Å². The molecule has 1 N–H and O–H groups in total. The van der Waals surface area contributed by atoms with Gasteiger partial charge in [-0.15, -0.1) is 16.4 Å². The summed E-state index contributed by atoms with van der Waals surface area (Å²) in [5.74, 6) is 0.897. The van der Waals surface area contributed by atoms with Crippen molar-refractivity contribution in [2.45, 2.75) is 39.9 Å². The fourth-order valence-electron chi connectivity index (χ4n) is 3.83. The molecule has 0 aliphatic carbocycles. The highest BCUT2D eigenvalue weighted by atomic mass is 32.1. The van der Waals surface area contributed by atoms with Crippen LogP contribution < -0.4 is 5.56 Å². The van der Waals surface area contributed by atoms with Gasteiger partial charge in [-0.2, -0.15) is 0 Å². The third kappa shape index (κ3) is 2.52. The Morgan fingerprint density at radius 3 is 2.79 bits per heavy atom. The lowest BCUT2D eigenvalue weighted by atomic mass is 9.96. The fraction of sp³-hybridized carbons (Fsp3) is 0.350. The molecule has 1 aliphatic rings. The zero-order chi connectivity index (χ0) is 19.6. The number of thiophene rings is 1. The molecule has 5 rings (SSSR count). The van der Waals surface area contributed by atoms with E-state index in [9.17, 15) is 4.79 Å². The lowest BCUT2D eigenvalue weighted by Gasteiger charge is -2.26. The molecule has 0 saturated heterocycles. The number of fused-ring (bicyclic) bond motifs is 5. The average Bonchev–Trinajstić information content (AvgIpc) is 3.23. The van der Waals surface area contributed by atoms with E-state index in [1.807, 2.05) is 35.6 Å². The molecule has 144 valence electrons. The van der Waals surface area contributed by atoms with Gasteiger partial charge < -0.3 is 4.74 Å². The monoisotopic (exact) mass is 412 g/mol. The zero-order valence-electron chi connectivity index (χ0n) is 15.9. The molecule has 3 aromatic heterocycles. The summed E-state index contributed by atoms with van der Waals surface area (Å²) in [7, 11) is 0. The van der Waals surface area contributed by atoms with Crippen molar-refractivity contribution in [3.63, 3.8) is 0 Å². The Hall–Kier alpha value is -2.29. The zero-order valence-corrected chi connectivity index (χ0v) is 17.5. The summed E-state index contributed by atoms with van der Waals surface area (Å²) >= 11 is 7.08. The van der Waals surface area contributed by atoms with Crippen molar-refractivity contribution in [3.05, 3.63) is 55.4 Å². The number of aromatic amines is 1. The first-order valence-electron chi connectivity index (χ1n) is 9.30. The lowest BCUT2D eigenvalue weighted by molar-refractivity contribution is 0.00200. The summed E-state index contributed by atoms with van der Waals surface area (Å²) in [4.78, 5) is 15.6. The number of nitrogens with zero attached hydrogens (tertiary/aromatic N) is 3. The van der Waals surface area contributed by atoms with Gasteiger partial charge >= 0.3 is 0 Å². The van der Waals surface area contributed by atoms with Crippen LogP contribution in [-0.4, -0.2) is 25.3 Å². The van der Waals surface area contributed by atoms with Gasteiger partial charge in [0.05, 0.1) is 23.8 Å². The maximum Gasteiger partial charge on any atom is 0.268 e. The van der Waals surface area contributed by atoms with Crippen molar-refractivity contribution in [2.24, 2.45) is 5.92 Å². The number of hydrogen-bond acceptors (Lipinski definition) is 5. The van der Waals surface area contributed by atoms with E-state index in [1.165, 1.54) is 0 Å². The predicted molar refractivity (Wildman–Crippen MR) is 113 cm³/mol. The van der Waals surface area contributed by atoms with E-state index >= 15 is 0 Å². The Morgan fingerprint density at radius 1 is 1.32 bits per heavy atom. The molecule has 4 aromatic rings. The molecule has 8 heteroatoms. The SMILES string of the molecule is Cc1ccc(-n2c(=O)c3c4c(sc3n3c(=S)[nH]nc23)CO[C@@H](C(C)C)C4)cc1. The van der Waals surface area contributed by atoms with Gasteiger partial charge in [-0.3, -0.25) is 4.79 Å². The maximum atomic E-state index is 13.7. The van der Waals surface area contributed by atoms with Crippen LogP contribution in [0.25, 0.3) is 21.7 Å². The summed E-state index contributed by atoms with van der Waals surface area (Å²) in [5.41, 5.74) is 2.96. The molecule has 4 heterocycles. The highest BCUT2D eigenvalue weighted by Gasteiger charge is 2.29. The molecule has 1 aromatic carbocycles. The highest BCUT2D eigenvalue weighted by molar-refractivity contribution is 7.71. The van der Waals surface area contributed by atoms with Gasteiger partial charge in [0.1, 0.15) is 4.83 Å². The maximum absolute atomic E-state index is 13.7. The summed E-state index contributed by atoms with van der Waals surface area (Å²) in [5, 5.41) is 7.95. The minimum Gasteiger partial charge on any atom is -0.372 e. The molecule has 1 atom stereocenters. The smallest absolute Gasteiger partial charge is 0.268 e. The third-order valence-electron chi connectivity index (χ3n) is 5.42. The van der Waals surface area contributed by atoms with Crippen LogP contribution in [0.15, 0.2) is 29.1 Å². The number of nitrogens with one attached hydrogen (secondary N) is 1. The normalized spacial score (nSPS) is 16.9. The van der Waals surface area contributed by atoms with Crippen molar-refractivity contribution < 1.29 is 4.74 Å². The lowest BCUT2D eigenvalue weighted by Crippen LogP contribution is -2.28. The Bertz CT molecular complexity index is 1320. The van der Waals surface area contributed by atoms with Crippen molar-refractivity contribution in [2.75, 3.05) is 0 Å². The summed E-state index contributed by atoms with van der Waals surface area (Å²) in [6, 6.07) is 7.88. The topological polar surface area (TPSA) is 64.3 Å². The first-order valence-corrected chi connectivity index (χ1v) is 10.5. The van der Waals surface area contributed by atoms with Gasteiger partial charge in [-0.25, -0.2) is 14.1 Å². The van der Waals surface area contributed by atoms with E-state index in [0.717, 1.165) is 38.3 Å². The number of aromatic nitrogens is 4. The van der Waals surface area contributed by atoms with E-state index in [1.54, 1.807) is 15.9 Å². The van der Waals surface area contributed by atoms with Crippen LogP contribution >= 0.6 is 23.6 Å². The van der Waals surface area contributed by atoms with Crippen molar-refractivity contribution in [3.8, 4) is 5.69 Å². The average molecular weight is 413 g/mol. The molecule has 6 nitrogen and oxygen atoms in total. The summed E-state index contributed by atoms with van der Waals surface area (Å²) in [6.45, 7) is 6.86. The molecule has 0 fully saturated rings. The number of H-pyrrole nitrogens is 1. The molecule has 0 bridgehead atoms. The second-order valence-corrected chi connectivity index (χ2v) is 9.09. The predicted octanol–water partition coefficient (Wildman–Crippen LogP) is 4.16. The van der Waals surface area contributed by atoms with Gasteiger partial charge in [0.15, 0.2) is 0 Å². The minimum absolute atomic E-state index is 0.0535. The molecule has 0 unspecified atom stereocenters. The van der Waals surface area contributed by atoms with Gasteiger partial charge in [0.2, 0.25) is 10.5 Å². The fourth-order valence-corrected chi connectivity index (χ4v) is 5.35. The Morgan fingerprint density at radius 2 is 2.07 bits per heavy atom. The first kappa shape index (κ1) is 17.8. The van der Waals surface area contributed by atoms with Crippen LogP contribution in [0.4, 0.5) is 0 Å². The van der Waals surface area contributed by atoms with Crippen LogP contribution in [0.1, 0.15) is 29.9 Å². The van der Waals surface area contributed by atoms with E-state index < -0.39 is 0 Å². The molecule has 1 aliphatic heterocycles. The van der Waals surface area contributed by atoms with E-state index in [2.05, 4.69) is 24.0 Å². The number of hydrogen-bond donors (Lipinski definition) is 1. The number of aryl methyl sites for hydroxylation is 1. The standard InChI is InChI=1S/C20H20N4O2S2/c1-10(2)14-8-13-15(9-26-14)28-18-16(13)17(25)23(12-6-4-11(3)5-7-12)19-21-22-20(27)24(18)19/h4-7,10,14H,8-9H2,1-3H3,(H,22,27)/t14-/m1/s1. The van der Waals surface area contributed by atoms with Crippen LogP contribution in [-0.2, 0) is 17.8 Å². The second kappa shape index (κ2) is 6.37. The Kier molecular flexibility index (Phi) is 4.04. The van der Waals surface area contributed by atoms with Crippen LogP contribution in [0.5, 0.6) is 0 Å². The van der Waals surface area contributed by atoms with Crippen LogP contribution in [0, 0.1) is 17.6 Å². The quantitative estimate of drug-likeness (QED) is 0.502. The van der Waals surface area contributed by atoms with Crippen molar-refractivity contribution in [1.82, 2.24) is 19.2 Å². The van der Waals surface area contributed by atoms with Gasteiger partial charge in [-0.05, 0) is 42.8 Å². The first-order chi connectivity index (χ1) is 13.5.